The molecule has 5 heteroatoms. The zero-order valence-corrected chi connectivity index (χ0v) is 14.7. The van der Waals surface area contributed by atoms with Gasteiger partial charge in [-0.3, -0.25) is 9.69 Å². The number of nitriles is 1. The Balaban J connectivity index is 1.59. The molecule has 0 aromatic heterocycles. The summed E-state index contributed by atoms with van der Waals surface area (Å²) < 4.78 is 0. The first-order valence-electron chi connectivity index (χ1n) is 8.42. The molecule has 128 valence electrons. The summed E-state index contributed by atoms with van der Waals surface area (Å²) in [6, 6.07) is 16.9. The lowest BCUT2D eigenvalue weighted by Crippen LogP contribution is -2.35. The van der Waals surface area contributed by atoms with E-state index in [1.54, 1.807) is 24.3 Å². The van der Waals surface area contributed by atoms with Gasteiger partial charge in [-0.15, -0.1) is 0 Å². The van der Waals surface area contributed by atoms with Crippen molar-refractivity contribution >= 4 is 17.5 Å². The number of hydrogen-bond acceptors (Lipinski definition) is 3. The second kappa shape index (κ2) is 8.15. The molecule has 2 aromatic rings. The molecule has 0 bridgehead atoms. The highest BCUT2D eigenvalue weighted by atomic mass is 35.5. The van der Waals surface area contributed by atoms with Gasteiger partial charge in [-0.1, -0.05) is 23.7 Å². The molecule has 25 heavy (non-hydrogen) atoms. The van der Waals surface area contributed by atoms with Crippen molar-refractivity contribution in [1.29, 1.82) is 5.26 Å². The van der Waals surface area contributed by atoms with Crippen LogP contribution in [0.4, 0.5) is 0 Å². The van der Waals surface area contributed by atoms with E-state index in [1.807, 2.05) is 29.2 Å². The molecule has 0 N–H and O–H groups in total. The number of benzene rings is 2. The maximum atomic E-state index is 12.6. The quantitative estimate of drug-likeness (QED) is 0.847. The molecular weight excluding hydrogens is 334 g/mol. The minimum atomic E-state index is 0.0666. The number of amides is 1. The van der Waals surface area contributed by atoms with E-state index in [0.29, 0.717) is 16.1 Å². The highest BCUT2D eigenvalue weighted by Gasteiger charge is 2.20. The van der Waals surface area contributed by atoms with E-state index in [0.717, 1.165) is 39.1 Å². The van der Waals surface area contributed by atoms with Gasteiger partial charge in [0, 0.05) is 43.3 Å². The van der Waals surface area contributed by atoms with Crippen molar-refractivity contribution in [3.05, 3.63) is 70.2 Å². The zero-order valence-electron chi connectivity index (χ0n) is 14.0. The van der Waals surface area contributed by atoms with Crippen molar-refractivity contribution in [1.82, 2.24) is 9.80 Å². The Labute approximate surface area is 153 Å². The van der Waals surface area contributed by atoms with Crippen LogP contribution >= 0.6 is 11.6 Å². The van der Waals surface area contributed by atoms with Crippen molar-refractivity contribution in [2.45, 2.75) is 13.0 Å². The fraction of sp³-hybridized carbons (Fsp3) is 0.300. The predicted octanol–water partition coefficient (Wildman–Crippen LogP) is 3.56. The van der Waals surface area contributed by atoms with E-state index < -0.39 is 0 Å². The zero-order chi connectivity index (χ0) is 17.6. The molecule has 0 aliphatic carbocycles. The molecule has 0 atom stereocenters. The van der Waals surface area contributed by atoms with Gasteiger partial charge in [-0.25, -0.2) is 0 Å². The third-order valence-electron chi connectivity index (χ3n) is 4.46. The number of nitrogens with zero attached hydrogens (tertiary/aromatic N) is 3. The van der Waals surface area contributed by atoms with Crippen LogP contribution < -0.4 is 0 Å². The second-order valence-electron chi connectivity index (χ2n) is 6.24. The molecule has 1 heterocycles. The summed E-state index contributed by atoms with van der Waals surface area (Å²) in [5.74, 6) is 0.0666. The number of hydrogen-bond donors (Lipinski definition) is 0. The molecule has 3 rings (SSSR count). The second-order valence-corrected chi connectivity index (χ2v) is 6.67. The van der Waals surface area contributed by atoms with E-state index >= 15 is 0 Å². The molecule has 0 radical (unpaired) electrons. The maximum Gasteiger partial charge on any atom is 0.253 e. The van der Waals surface area contributed by atoms with Crippen LogP contribution in [0.5, 0.6) is 0 Å². The van der Waals surface area contributed by atoms with E-state index in [-0.39, 0.29) is 5.91 Å². The van der Waals surface area contributed by atoms with Gasteiger partial charge in [0.1, 0.15) is 0 Å². The Bertz CT molecular complexity index is 765. The van der Waals surface area contributed by atoms with Crippen LogP contribution in [-0.2, 0) is 6.54 Å². The van der Waals surface area contributed by atoms with Gasteiger partial charge < -0.3 is 4.90 Å². The van der Waals surface area contributed by atoms with Gasteiger partial charge in [0.05, 0.1) is 11.6 Å². The van der Waals surface area contributed by atoms with Gasteiger partial charge in [0.25, 0.3) is 5.91 Å². The monoisotopic (exact) mass is 353 g/mol. The molecule has 4 nitrogen and oxygen atoms in total. The van der Waals surface area contributed by atoms with Crippen LogP contribution in [0, 0.1) is 11.3 Å². The van der Waals surface area contributed by atoms with Gasteiger partial charge in [-0.2, -0.15) is 5.26 Å². The van der Waals surface area contributed by atoms with Crippen molar-refractivity contribution < 1.29 is 4.79 Å². The predicted molar refractivity (Wildman–Crippen MR) is 98.4 cm³/mol. The lowest BCUT2D eigenvalue weighted by molar-refractivity contribution is 0.0761. The van der Waals surface area contributed by atoms with Crippen LogP contribution in [0.1, 0.15) is 27.9 Å². The van der Waals surface area contributed by atoms with Gasteiger partial charge in [0.2, 0.25) is 0 Å². The van der Waals surface area contributed by atoms with Crippen molar-refractivity contribution in [2.75, 3.05) is 26.2 Å². The summed E-state index contributed by atoms with van der Waals surface area (Å²) >= 11 is 5.89. The Morgan fingerprint density at radius 1 is 1.00 bits per heavy atom. The molecule has 1 aliphatic rings. The van der Waals surface area contributed by atoms with Crippen molar-refractivity contribution in [3.8, 4) is 6.07 Å². The lowest BCUT2D eigenvalue weighted by Gasteiger charge is -2.22. The van der Waals surface area contributed by atoms with Crippen LogP contribution in [0.3, 0.4) is 0 Å². The molecule has 0 unspecified atom stereocenters. The fourth-order valence-corrected chi connectivity index (χ4v) is 3.18. The minimum absolute atomic E-state index is 0.0666. The average Bonchev–Trinajstić information content (AvgIpc) is 2.88. The van der Waals surface area contributed by atoms with Crippen molar-refractivity contribution in [2.24, 2.45) is 0 Å². The van der Waals surface area contributed by atoms with Crippen LogP contribution in [-0.4, -0.2) is 41.9 Å². The lowest BCUT2D eigenvalue weighted by atomic mass is 10.1. The molecule has 1 amide bonds. The maximum absolute atomic E-state index is 12.6. The summed E-state index contributed by atoms with van der Waals surface area (Å²) in [4.78, 5) is 16.9. The molecule has 0 saturated carbocycles. The molecule has 0 spiro atoms. The van der Waals surface area contributed by atoms with Gasteiger partial charge in [-0.05, 0) is 48.4 Å². The number of halogens is 1. The minimum Gasteiger partial charge on any atom is -0.337 e. The summed E-state index contributed by atoms with van der Waals surface area (Å²) in [6.07, 6.45) is 0.954. The molecule has 1 saturated heterocycles. The molecule has 1 fully saturated rings. The van der Waals surface area contributed by atoms with Crippen LogP contribution in [0.2, 0.25) is 5.02 Å². The third-order valence-corrected chi connectivity index (χ3v) is 4.71. The first-order valence-corrected chi connectivity index (χ1v) is 8.80. The van der Waals surface area contributed by atoms with E-state index in [9.17, 15) is 4.79 Å². The number of carbonyl (C=O) groups excluding carboxylic acids is 1. The Kier molecular flexibility index (Phi) is 5.70. The molecule has 2 aromatic carbocycles. The van der Waals surface area contributed by atoms with Crippen LogP contribution in [0.15, 0.2) is 48.5 Å². The van der Waals surface area contributed by atoms with Crippen molar-refractivity contribution in [3.63, 3.8) is 0 Å². The van der Waals surface area contributed by atoms with Crippen LogP contribution in [0.25, 0.3) is 0 Å². The highest BCUT2D eigenvalue weighted by Crippen LogP contribution is 2.14. The summed E-state index contributed by atoms with van der Waals surface area (Å²) in [7, 11) is 0. The van der Waals surface area contributed by atoms with E-state index in [1.165, 1.54) is 5.56 Å². The fourth-order valence-electron chi connectivity index (χ4n) is 3.05. The Morgan fingerprint density at radius 3 is 2.40 bits per heavy atom. The summed E-state index contributed by atoms with van der Waals surface area (Å²) in [5, 5.41) is 9.51. The Hall–Kier alpha value is -2.35. The summed E-state index contributed by atoms with van der Waals surface area (Å²) in [5.41, 5.74) is 2.56. The standard InChI is InChI=1S/C20H20ClN3O/c21-19-8-6-18(7-9-19)20(25)24-11-1-10-23(12-13-24)15-17-4-2-16(14-22)3-5-17/h2-9H,1,10-13,15H2. The summed E-state index contributed by atoms with van der Waals surface area (Å²) in [6.45, 7) is 4.14. The SMILES string of the molecule is N#Cc1ccc(CN2CCCN(C(=O)c3ccc(Cl)cc3)CC2)cc1. The van der Waals surface area contributed by atoms with Gasteiger partial charge in [0.15, 0.2) is 0 Å². The van der Waals surface area contributed by atoms with E-state index in [4.69, 9.17) is 16.9 Å². The molecular formula is C20H20ClN3O. The molecule has 1 aliphatic heterocycles. The smallest absolute Gasteiger partial charge is 0.253 e. The number of rotatable bonds is 3. The first kappa shape index (κ1) is 17.5. The first-order chi connectivity index (χ1) is 12.2. The van der Waals surface area contributed by atoms with E-state index in [2.05, 4.69) is 11.0 Å². The van der Waals surface area contributed by atoms with Gasteiger partial charge >= 0.3 is 0 Å². The normalized spacial score (nSPS) is 15.4. The third kappa shape index (κ3) is 4.60. The topological polar surface area (TPSA) is 47.3 Å². The largest absolute Gasteiger partial charge is 0.337 e. The Morgan fingerprint density at radius 2 is 1.72 bits per heavy atom. The number of carbonyl (C=O) groups is 1. The highest BCUT2D eigenvalue weighted by molar-refractivity contribution is 6.30. The average molecular weight is 354 g/mol.